The Labute approximate surface area is 129 Å². The summed E-state index contributed by atoms with van der Waals surface area (Å²) in [6, 6.07) is 8.45. The predicted molar refractivity (Wildman–Crippen MR) is 90.0 cm³/mol. The second-order valence-electron chi connectivity index (χ2n) is 6.88. The Balaban J connectivity index is 1.59. The molecule has 0 atom stereocenters. The molecular weight excluding hydrogens is 258 g/mol. The van der Waals surface area contributed by atoms with Crippen LogP contribution in [-0.4, -0.2) is 43.2 Å². The number of aryl methyl sites for hydroxylation is 1. The van der Waals surface area contributed by atoms with E-state index in [1.165, 1.54) is 42.7 Å². The number of benzene rings is 1. The van der Waals surface area contributed by atoms with E-state index in [1.807, 2.05) is 0 Å². The first-order valence-electron chi connectivity index (χ1n) is 8.45. The minimum Gasteiger partial charge on any atom is -0.369 e. The molecule has 1 saturated heterocycles. The van der Waals surface area contributed by atoms with Crippen molar-refractivity contribution in [3.8, 4) is 0 Å². The van der Waals surface area contributed by atoms with Crippen LogP contribution in [0.15, 0.2) is 18.2 Å². The van der Waals surface area contributed by atoms with Crippen molar-refractivity contribution >= 4 is 5.69 Å². The Morgan fingerprint density at radius 1 is 1.14 bits per heavy atom. The van der Waals surface area contributed by atoms with Crippen molar-refractivity contribution in [1.82, 2.24) is 10.2 Å². The zero-order valence-electron chi connectivity index (χ0n) is 13.7. The summed E-state index contributed by atoms with van der Waals surface area (Å²) in [5.74, 6) is 0. The van der Waals surface area contributed by atoms with Gasteiger partial charge in [-0.2, -0.15) is 0 Å². The quantitative estimate of drug-likeness (QED) is 0.898. The molecular formula is C18H29N3. The van der Waals surface area contributed by atoms with Gasteiger partial charge >= 0.3 is 0 Å². The van der Waals surface area contributed by atoms with Gasteiger partial charge in [-0.05, 0) is 56.9 Å². The molecule has 0 aromatic heterocycles. The maximum atomic E-state index is 3.61. The maximum absolute atomic E-state index is 3.61. The van der Waals surface area contributed by atoms with Crippen LogP contribution in [0.3, 0.4) is 0 Å². The van der Waals surface area contributed by atoms with Gasteiger partial charge in [-0.3, -0.25) is 4.90 Å². The molecule has 1 saturated carbocycles. The van der Waals surface area contributed by atoms with Crippen molar-refractivity contribution in [3.05, 3.63) is 29.3 Å². The normalized spacial score (nSPS) is 20.3. The van der Waals surface area contributed by atoms with Crippen LogP contribution in [0.5, 0.6) is 0 Å². The molecule has 3 nitrogen and oxygen atoms in total. The average molecular weight is 287 g/mol. The molecule has 1 N–H and O–H groups in total. The van der Waals surface area contributed by atoms with E-state index < -0.39 is 0 Å². The lowest BCUT2D eigenvalue weighted by Crippen LogP contribution is -2.48. The summed E-state index contributed by atoms with van der Waals surface area (Å²) >= 11 is 0. The van der Waals surface area contributed by atoms with Crippen LogP contribution in [-0.2, 0) is 6.54 Å². The summed E-state index contributed by atoms with van der Waals surface area (Å²) in [6.45, 7) is 12.5. The Morgan fingerprint density at radius 2 is 1.86 bits per heavy atom. The third kappa shape index (κ3) is 3.78. The first kappa shape index (κ1) is 14.9. The monoisotopic (exact) mass is 287 g/mol. The van der Waals surface area contributed by atoms with Crippen LogP contribution in [0, 0.1) is 6.92 Å². The second-order valence-corrected chi connectivity index (χ2v) is 6.88. The maximum Gasteiger partial charge on any atom is 0.0369 e. The van der Waals surface area contributed by atoms with E-state index in [0.29, 0.717) is 6.04 Å². The highest BCUT2D eigenvalue weighted by Gasteiger charge is 2.21. The Kier molecular flexibility index (Phi) is 4.51. The van der Waals surface area contributed by atoms with Gasteiger partial charge < -0.3 is 10.2 Å². The van der Waals surface area contributed by atoms with Crippen LogP contribution in [0.2, 0.25) is 0 Å². The fraction of sp³-hybridized carbons (Fsp3) is 0.667. The molecule has 0 radical (unpaired) electrons. The van der Waals surface area contributed by atoms with Crippen molar-refractivity contribution in [2.24, 2.45) is 0 Å². The van der Waals surface area contributed by atoms with Gasteiger partial charge in [-0.1, -0.05) is 6.07 Å². The third-order valence-corrected chi connectivity index (χ3v) is 4.89. The lowest BCUT2D eigenvalue weighted by Gasteiger charge is -2.38. The molecule has 116 valence electrons. The number of hydrogen-bond acceptors (Lipinski definition) is 3. The minimum atomic E-state index is 0.671. The molecule has 1 aliphatic heterocycles. The van der Waals surface area contributed by atoms with Crippen molar-refractivity contribution in [2.75, 3.05) is 31.1 Å². The van der Waals surface area contributed by atoms with E-state index in [0.717, 1.165) is 25.7 Å². The zero-order valence-corrected chi connectivity index (χ0v) is 13.7. The number of anilines is 1. The summed E-state index contributed by atoms with van der Waals surface area (Å²) in [7, 11) is 0. The predicted octanol–water partition coefficient (Wildman–Crippen LogP) is 2.78. The number of nitrogens with one attached hydrogen (secondary N) is 1. The van der Waals surface area contributed by atoms with Crippen molar-refractivity contribution in [3.63, 3.8) is 0 Å². The minimum absolute atomic E-state index is 0.671. The molecule has 2 aliphatic rings. The van der Waals surface area contributed by atoms with E-state index >= 15 is 0 Å². The van der Waals surface area contributed by atoms with Gasteiger partial charge in [-0.25, -0.2) is 0 Å². The molecule has 21 heavy (non-hydrogen) atoms. The molecule has 0 bridgehead atoms. The van der Waals surface area contributed by atoms with Gasteiger partial charge in [-0.15, -0.1) is 0 Å². The lowest BCUT2D eigenvalue weighted by atomic mass is 10.1. The number of nitrogens with zero attached hydrogens (tertiary/aromatic N) is 2. The van der Waals surface area contributed by atoms with E-state index in [9.17, 15) is 0 Å². The standard InChI is InChI=1S/C18H29N3/c1-14(2)20-8-10-21(11-9-20)18-7-4-16(15(3)12-18)13-19-17-5-6-17/h4,7,12,14,17,19H,5-6,8-11,13H2,1-3H3. The van der Waals surface area contributed by atoms with Crippen LogP contribution < -0.4 is 10.2 Å². The summed E-state index contributed by atoms with van der Waals surface area (Å²) < 4.78 is 0. The van der Waals surface area contributed by atoms with Gasteiger partial charge in [0.2, 0.25) is 0 Å². The van der Waals surface area contributed by atoms with E-state index in [-0.39, 0.29) is 0 Å². The highest BCUT2D eigenvalue weighted by Crippen LogP contribution is 2.23. The van der Waals surface area contributed by atoms with Gasteiger partial charge in [0.15, 0.2) is 0 Å². The summed E-state index contributed by atoms with van der Waals surface area (Å²) in [6.07, 6.45) is 2.72. The number of piperazine rings is 1. The van der Waals surface area contributed by atoms with E-state index in [2.05, 4.69) is 54.1 Å². The van der Waals surface area contributed by atoms with Gasteiger partial charge in [0.25, 0.3) is 0 Å². The Morgan fingerprint density at radius 3 is 2.43 bits per heavy atom. The van der Waals surface area contributed by atoms with Gasteiger partial charge in [0.1, 0.15) is 0 Å². The molecule has 1 aromatic rings. The van der Waals surface area contributed by atoms with Gasteiger partial charge in [0.05, 0.1) is 0 Å². The second kappa shape index (κ2) is 6.37. The molecule has 3 rings (SSSR count). The largest absolute Gasteiger partial charge is 0.369 e. The fourth-order valence-electron chi connectivity index (χ4n) is 3.11. The van der Waals surface area contributed by atoms with Crippen LogP contribution in [0.1, 0.15) is 37.8 Å². The molecule has 1 aliphatic carbocycles. The van der Waals surface area contributed by atoms with Gasteiger partial charge in [0, 0.05) is 50.5 Å². The average Bonchev–Trinajstić information content (AvgIpc) is 3.30. The van der Waals surface area contributed by atoms with E-state index in [4.69, 9.17) is 0 Å². The first-order valence-corrected chi connectivity index (χ1v) is 8.45. The van der Waals surface area contributed by atoms with Crippen LogP contribution in [0.25, 0.3) is 0 Å². The molecule has 3 heteroatoms. The summed E-state index contributed by atoms with van der Waals surface area (Å²) in [5, 5.41) is 3.61. The zero-order chi connectivity index (χ0) is 14.8. The number of hydrogen-bond donors (Lipinski definition) is 1. The summed E-state index contributed by atoms with van der Waals surface area (Å²) in [4.78, 5) is 5.10. The highest BCUT2D eigenvalue weighted by molar-refractivity contribution is 5.51. The smallest absolute Gasteiger partial charge is 0.0369 e. The fourth-order valence-corrected chi connectivity index (χ4v) is 3.11. The first-order chi connectivity index (χ1) is 10.1. The number of rotatable bonds is 5. The lowest BCUT2D eigenvalue weighted by molar-refractivity contribution is 0.209. The molecule has 2 fully saturated rings. The SMILES string of the molecule is Cc1cc(N2CCN(C(C)C)CC2)ccc1CNC1CC1. The van der Waals surface area contributed by atoms with Crippen molar-refractivity contribution in [2.45, 2.75) is 52.2 Å². The Bertz CT molecular complexity index is 471. The van der Waals surface area contributed by atoms with E-state index in [1.54, 1.807) is 0 Å². The van der Waals surface area contributed by atoms with Crippen molar-refractivity contribution < 1.29 is 0 Å². The molecule has 0 unspecified atom stereocenters. The molecule has 0 spiro atoms. The van der Waals surface area contributed by atoms with Crippen LogP contribution >= 0.6 is 0 Å². The Hall–Kier alpha value is -1.06. The highest BCUT2D eigenvalue weighted by atomic mass is 15.3. The molecule has 1 heterocycles. The summed E-state index contributed by atoms with van der Waals surface area (Å²) in [5.41, 5.74) is 4.27. The molecule has 1 aromatic carbocycles. The molecule has 0 amide bonds. The van der Waals surface area contributed by atoms with Crippen molar-refractivity contribution in [1.29, 1.82) is 0 Å². The third-order valence-electron chi connectivity index (χ3n) is 4.89. The van der Waals surface area contributed by atoms with Crippen LogP contribution in [0.4, 0.5) is 5.69 Å². The topological polar surface area (TPSA) is 18.5 Å².